The summed E-state index contributed by atoms with van der Waals surface area (Å²) in [7, 11) is 0. The fourth-order valence-electron chi connectivity index (χ4n) is 4.58. The summed E-state index contributed by atoms with van der Waals surface area (Å²) in [5.74, 6) is 1.46. The van der Waals surface area contributed by atoms with E-state index >= 15 is 0 Å². The Morgan fingerprint density at radius 2 is 2.00 bits per heavy atom. The van der Waals surface area contributed by atoms with Crippen LogP contribution in [0.25, 0.3) is 28.4 Å². The molecule has 31 heavy (non-hydrogen) atoms. The molecule has 0 aliphatic carbocycles. The number of nitrogens with zero attached hydrogens (tertiary/aromatic N) is 6. The Labute approximate surface area is 182 Å². The lowest BCUT2D eigenvalue weighted by atomic mass is 9.93. The van der Waals surface area contributed by atoms with Gasteiger partial charge in [-0.1, -0.05) is 11.6 Å². The average molecular weight is 436 g/mol. The maximum Gasteiger partial charge on any atom is 0.168 e. The number of fused-ring (bicyclic) bond motifs is 4. The van der Waals surface area contributed by atoms with Gasteiger partial charge in [-0.15, -0.1) is 0 Å². The average Bonchev–Trinajstić information content (AvgIpc) is 3.20. The number of piperazine rings is 1. The summed E-state index contributed by atoms with van der Waals surface area (Å²) >= 11 is 6.17. The van der Waals surface area contributed by atoms with Crippen LogP contribution in [-0.2, 0) is 0 Å². The van der Waals surface area contributed by atoms with Gasteiger partial charge in [-0.05, 0) is 49.2 Å². The van der Waals surface area contributed by atoms with Gasteiger partial charge in [0, 0.05) is 36.4 Å². The molecule has 0 amide bonds. The van der Waals surface area contributed by atoms with Gasteiger partial charge in [0.05, 0.1) is 5.56 Å². The highest BCUT2D eigenvalue weighted by molar-refractivity contribution is 6.30. The van der Waals surface area contributed by atoms with Crippen LogP contribution in [0, 0.1) is 5.82 Å². The molecule has 0 radical (unpaired) electrons. The second-order valence-electron chi connectivity index (χ2n) is 7.96. The molecule has 2 atom stereocenters. The van der Waals surface area contributed by atoms with Gasteiger partial charge in [0.25, 0.3) is 0 Å². The number of aromatic nitrogens is 5. The van der Waals surface area contributed by atoms with Crippen molar-refractivity contribution < 1.29 is 4.39 Å². The lowest BCUT2D eigenvalue weighted by Gasteiger charge is -2.46. The highest BCUT2D eigenvalue weighted by atomic mass is 35.5. The summed E-state index contributed by atoms with van der Waals surface area (Å²) in [5.41, 5.74) is 1.59. The highest BCUT2D eigenvalue weighted by Gasteiger charge is 2.34. The van der Waals surface area contributed by atoms with Crippen LogP contribution in [-0.4, -0.2) is 49.7 Å². The van der Waals surface area contributed by atoms with Crippen LogP contribution >= 0.6 is 11.6 Å². The molecule has 0 spiro atoms. The maximum absolute atomic E-state index is 14.8. The molecule has 9 heteroatoms. The zero-order valence-corrected chi connectivity index (χ0v) is 17.3. The predicted molar refractivity (Wildman–Crippen MR) is 117 cm³/mol. The third-order valence-corrected chi connectivity index (χ3v) is 6.33. The summed E-state index contributed by atoms with van der Waals surface area (Å²) in [5, 5.41) is 4.01. The number of rotatable bonds is 3. The highest BCUT2D eigenvalue weighted by Crippen LogP contribution is 2.33. The maximum atomic E-state index is 14.8. The first-order valence-corrected chi connectivity index (χ1v) is 10.7. The summed E-state index contributed by atoms with van der Waals surface area (Å²) in [4.78, 5) is 20.4. The minimum Gasteiger partial charge on any atom is -0.351 e. The number of nitrogens with one attached hydrogen (secondary N) is 1. The van der Waals surface area contributed by atoms with Crippen molar-refractivity contribution in [3.63, 3.8) is 0 Å². The Bertz CT molecular complexity index is 1270. The lowest BCUT2D eigenvalue weighted by Crippen LogP contribution is -2.61. The van der Waals surface area contributed by atoms with Gasteiger partial charge in [-0.3, -0.25) is 4.57 Å². The Balaban J connectivity index is 1.57. The Kier molecular flexibility index (Phi) is 4.36. The van der Waals surface area contributed by atoms with Crippen molar-refractivity contribution in [3.05, 3.63) is 59.8 Å². The topological polar surface area (TPSA) is 71.8 Å². The fraction of sp³-hybridized carbons (Fsp3) is 0.273. The van der Waals surface area contributed by atoms with E-state index in [2.05, 4.69) is 20.2 Å². The molecule has 3 aromatic heterocycles. The molecule has 3 fully saturated rings. The van der Waals surface area contributed by atoms with Gasteiger partial charge >= 0.3 is 0 Å². The summed E-state index contributed by atoms with van der Waals surface area (Å²) in [6, 6.07) is 11.1. The molecule has 7 nitrogen and oxygen atoms in total. The van der Waals surface area contributed by atoms with Crippen molar-refractivity contribution >= 4 is 28.6 Å². The molecule has 2 unspecified atom stereocenters. The first-order chi connectivity index (χ1) is 15.2. The van der Waals surface area contributed by atoms with E-state index in [1.807, 2.05) is 12.1 Å². The molecule has 2 bridgehead atoms. The monoisotopic (exact) mass is 435 g/mol. The number of hydrogen-bond donors (Lipinski definition) is 1. The molecular formula is C22H19ClFN7. The molecule has 1 aromatic carbocycles. The molecule has 3 saturated heterocycles. The minimum atomic E-state index is -0.408. The zero-order valence-electron chi connectivity index (χ0n) is 16.5. The lowest BCUT2D eigenvalue weighted by molar-refractivity contribution is 0.289. The van der Waals surface area contributed by atoms with Crippen molar-refractivity contribution in [2.45, 2.75) is 24.9 Å². The molecule has 7 rings (SSSR count). The van der Waals surface area contributed by atoms with Gasteiger partial charge < -0.3 is 10.2 Å². The fourth-order valence-corrected chi connectivity index (χ4v) is 4.75. The van der Waals surface area contributed by atoms with E-state index in [1.165, 1.54) is 24.9 Å². The number of halogens is 2. The van der Waals surface area contributed by atoms with E-state index in [9.17, 15) is 4.39 Å². The Morgan fingerprint density at radius 1 is 1.06 bits per heavy atom. The number of pyridine rings is 1. The van der Waals surface area contributed by atoms with Gasteiger partial charge in [0.2, 0.25) is 0 Å². The number of piperidine rings is 2. The second kappa shape index (κ2) is 7.25. The smallest absolute Gasteiger partial charge is 0.168 e. The number of anilines is 1. The third kappa shape index (κ3) is 3.14. The van der Waals surface area contributed by atoms with Crippen LogP contribution in [0.15, 0.2) is 48.9 Å². The molecular weight excluding hydrogens is 417 g/mol. The number of benzene rings is 1. The predicted octanol–water partition coefficient (Wildman–Crippen LogP) is 3.61. The zero-order chi connectivity index (χ0) is 20.9. The molecule has 3 aliphatic heterocycles. The molecule has 3 aliphatic rings. The van der Waals surface area contributed by atoms with Crippen LogP contribution in [0.1, 0.15) is 12.8 Å². The number of imidazole rings is 1. The van der Waals surface area contributed by atoms with Gasteiger partial charge in [0.15, 0.2) is 11.5 Å². The van der Waals surface area contributed by atoms with Gasteiger partial charge in [0.1, 0.15) is 29.3 Å². The molecule has 156 valence electrons. The van der Waals surface area contributed by atoms with E-state index < -0.39 is 5.82 Å². The van der Waals surface area contributed by atoms with Gasteiger partial charge in [-0.2, -0.15) is 0 Å². The molecule has 4 aromatic rings. The van der Waals surface area contributed by atoms with Crippen LogP contribution in [0.4, 0.5) is 10.2 Å². The quantitative estimate of drug-likeness (QED) is 0.530. The van der Waals surface area contributed by atoms with E-state index in [0.717, 1.165) is 25.3 Å². The normalized spacial score (nSPS) is 20.5. The summed E-state index contributed by atoms with van der Waals surface area (Å²) in [6.07, 6.45) is 5.45. The Morgan fingerprint density at radius 3 is 2.74 bits per heavy atom. The van der Waals surface area contributed by atoms with Crippen LogP contribution in [0.3, 0.4) is 0 Å². The number of hydrogen-bond acceptors (Lipinski definition) is 6. The van der Waals surface area contributed by atoms with E-state index in [-0.39, 0.29) is 0 Å². The first-order valence-electron chi connectivity index (χ1n) is 10.3. The van der Waals surface area contributed by atoms with Crippen molar-refractivity contribution in [1.29, 1.82) is 0 Å². The van der Waals surface area contributed by atoms with Crippen LogP contribution in [0.2, 0.25) is 5.02 Å². The van der Waals surface area contributed by atoms with Gasteiger partial charge in [-0.25, -0.2) is 24.3 Å². The summed E-state index contributed by atoms with van der Waals surface area (Å²) in [6.45, 7) is 1.90. The standard InChI is InChI=1S/C22H19ClFN7/c23-13-1-4-17(24)16(9-13)21-28-18-5-6-20(30-11-14-2-3-15(30)10-26-14)29-22(18)31(21)19-7-8-25-12-27-19/h1,4-9,12,14-15,26H,2-3,10-11H2. The molecule has 6 heterocycles. The largest absolute Gasteiger partial charge is 0.351 e. The molecule has 0 saturated carbocycles. The van der Waals surface area contributed by atoms with Crippen molar-refractivity contribution in [2.75, 3.05) is 18.0 Å². The van der Waals surface area contributed by atoms with Crippen LogP contribution < -0.4 is 10.2 Å². The third-order valence-electron chi connectivity index (χ3n) is 6.10. The van der Waals surface area contributed by atoms with Crippen molar-refractivity contribution in [3.8, 4) is 17.2 Å². The van der Waals surface area contributed by atoms with E-state index in [1.54, 1.807) is 22.9 Å². The summed E-state index contributed by atoms with van der Waals surface area (Å²) < 4.78 is 16.5. The van der Waals surface area contributed by atoms with Crippen molar-refractivity contribution in [2.24, 2.45) is 0 Å². The minimum absolute atomic E-state index is 0.298. The molecule has 1 N–H and O–H groups in total. The van der Waals surface area contributed by atoms with E-state index in [0.29, 0.717) is 45.5 Å². The first kappa shape index (κ1) is 18.7. The SMILES string of the molecule is Fc1ccc(Cl)cc1-c1nc2ccc(N3CC4CCC3CN4)nc2n1-c1ccncn1. The van der Waals surface area contributed by atoms with Crippen LogP contribution in [0.5, 0.6) is 0 Å². The Hall–Kier alpha value is -3.10. The second-order valence-corrected chi connectivity index (χ2v) is 8.40. The van der Waals surface area contributed by atoms with Crippen molar-refractivity contribution in [1.82, 2.24) is 29.8 Å². The van der Waals surface area contributed by atoms with E-state index in [4.69, 9.17) is 21.6 Å².